The summed E-state index contributed by atoms with van der Waals surface area (Å²) in [5, 5.41) is 0. The predicted molar refractivity (Wildman–Crippen MR) is 107 cm³/mol. The molecular formula is C23H26N2O2. The van der Waals surface area contributed by atoms with E-state index in [9.17, 15) is 0 Å². The molecule has 1 atom stereocenters. The molecule has 1 fully saturated rings. The highest BCUT2D eigenvalue weighted by Gasteiger charge is 2.27. The third kappa shape index (κ3) is 3.77. The molecule has 4 heteroatoms. The van der Waals surface area contributed by atoms with Gasteiger partial charge in [0.25, 0.3) is 0 Å². The number of hydrogen-bond acceptors (Lipinski definition) is 3. The van der Waals surface area contributed by atoms with Gasteiger partial charge in [0.05, 0.1) is 13.7 Å². The normalized spacial score (nSPS) is 17.3. The van der Waals surface area contributed by atoms with Gasteiger partial charge in [-0.1, -0.05) is 37.3 Å². The number of ether oxygens (including phenoxy) is 2. The Morgan fingerprint density at radius 2 is 1.89 bits per heavy atom. The van der Waals surface area contributed by atoms with Crippen molar-refractivity contribution in [1.29, 1.82) is 0 Å². The Balaban J connectivity index is 1.53. The van der Waals surface area contributed by atoms with Crippen LogP contribution in [0.5, 0.6) is 5.75 Å². The molecule has 1 saturated heterocycles. The van der Waals surface area contributed by atoms with Crippen LogP contribution in [0.25, 0.3) is 5.69 Å². The molecule has 0 unspecified atom stereocenters. The van der Waals surface area contributed by atoms with Crippen LogP contribution in [0, 0.1) is 0 Å². The Morgan fingerprint density at radius 1 is 1.07 bits per heavy atom. The molecule has 0 saturated carbocycles. The summed E-state index contributed by atoms with van der Waals surface area (Å²) in [6.45, 7) is 4.76. The molecule has 1 aliphatic heterocycles. The van der Waals surface area contributed by atoms with Crippen molar-refractivity contribution in [2.45, 2.75) is 26.1 Å². The van der Waals surface area contributed by atoms with Crippen LogP contribution in [0.2, 0.25) is 0 Å². The molecule has 0 aliphatic carbocycles. The highest BCUT2D eigenvalue weighted by molar-refractivity contribution is 5.42. The highest BCUT2D eigenvalue weighted by Crippen LogP contribution is 2.30. The number of methoxy groups -OCH3 is 1. The van der Waals surface area contributed by atoms with E-state index in [1.165, 1.54) is 22.4 Å². The minimum Gasteiger partial charge on any atom is -0.497 e. The molecule has 0 amide bonds. The van der Waals surface area contributed by atoms with E-state index in [0.717, 1.165) is 31.9 Å². The molecule has 0 spiro atoms. The summed E-state index contributed by atoms with van der Waals surface area (Å²) in [5.74, 6) is 0.889. The summed E-state index contributed by atoms with van der Waals surface area (Å²) >= 11 is 0. The van der Waals surface area contributed by atoms with E-state index in [1.807, 2.05) is 12.1 Å². The molecular weight excluding hydrogens is 336 g/mol. The minimum absolute atomic E-state index is 0.00198. The molecule has 1 aliphatic rings. The van der Waals surface area contributed by atoms with Crippen molar-refractivity contribution in [2.75, 3.05) is 20.3 Å². The molecule has 4 rings (SSSR count). The Hall–Kier alpha value is -2.56. The Morgan fingerprint density at radius 3 is 2.67 bits per heavy atom. The minimum atomic E-state index is 0.00198. The van der Waals surface area contributed by atoms with Crippen molar-refractivity contribution < 1.29 is 9.47 Å². The van der Waals surface area contributed by atoms with Gasteiger partial charge < -0.3 is 14.0 Å². The Bertz CT molecular complexity index is 885. The zero-order valence-corrected chi connectivity index (χ0v) is 16.0. The van der Waals surface area contributed by atoms with E-state index >= 15 is 0 Å². The zero-order chi connectivity index (χ0) is 18.6. The second-order valence-electron chi connectivity index (χ2n) is 6.88. The summed E-state index contributed by atoms with van der Waals surface area (Å²) < 4.78 is 13.5. The zero-order valence-electron chi connectivity index (χ0n) is 16.0. The first-order chi connectivity index (χ1) is 13.3. The average molecular weight is 362 g/mol. The number of nitrogens with zero attached hydrogens (tertiary/aromatic N) is 2. The topological polar surface area (TPSA) is 26.6 Å². The van der Waals surface area contributed by atoms with Gasteiger partial charge in [-0.25, -0.2) is 0 Å². The van der Waals surface area contributed by atoms with Crippen LogP contribution in [-0.2, 0) is 17.7 Å². The maximum Gasteiger partial charge on any atom is 0.138 e. The monoisotopic (exact) mass is 362 g/mol. The fourth-order valence-electron chi connectivity index (χ4n) is 3.71. The number of aryl methyl sites for hydroxylation is 1. The number of para-hydroxylation sites is 1. The van der Waals surface area contributed by atoms with Crippen molar-refractivity contribution in [2.24, 2.45) is 0 Å². The van der Waals surface area contributed by atoms with E-state index in [2.05, 4.69) is 71.2 Å². The van der Waals surface area contributed by atoms with Crippen LogP contribution in [0.15, 0.2) is 67.0 Å². The Labute approximate surface area is 161 Å². The largest absolute Gasteiger partial charge is 0.497 e. The maximum absolute atomic E-state index is 6.06. The highest BCUT2D eigenvalue weighted by atomic mass is 16.5. The van der Waals surface area contributed by atoms with Crippen molar-refractivity contribution in [1.82, 2.24) is 9.47 Å². The molecule has 0 radical (unpaired) electrons. The molecule has 27 heavy (non-hydrogen) atoms. The predicted octanol–water partition coefficient (Wildman–Crippen LogP) is 4.58. The molecule has 140 valence electrons. The van der Waals surface area contributed by atoms with Crippen LogP contribution in [0.1, 0.15) is 29.8 Å². The third-order valence-electron chi connectivity index (χ3n) is 5.18. The van der Waals surface area contributed by atoms with E-state index in [4.69, 9.17) is 9.47 Å². The standard InChI is InChI=1S/C23H26N2O2/c1-3-19-6-4-5-7-22(19)24-13-12-20(17-24)23-25(14-15-27-23)16-18-8-10-21(26-2)11-9-18/h4-13,17,23H,3,14-16H2,1-2H3/t23-/m0/s1. The van der Waals surface area contributed by atoms with E-state index in [0.29, 0.717) is 0 Å². The summed E-state index contributed by atoms with van der Waals surface area (Å²) in [4.78, 5) is 2.38. The Kier molecular flexibility index (Phi) is 5.28. The van der Waals surface area contributed by atoms with Gasteiger partial charge in [-0.05, 0) is 41.8 Å². The van der Waals surface area contributed by atoms with E-state index < -0.39 is 0 Å². The second kappa shape index (κ2) is 7.99. The van der Waals surface area contributed by atoms with Crippen molar-refractivity contribution in [3.8, 4) is 11.4 Å². The summed E-state index contributed by atoms with van der Waals surface area (Å²) in [7, 11) is 1.70. The number of rotatable bonds is 6. The lowest BCUT2D eigenvalue weighted by molar-refractivity contribution is 0.0288. The average Bonchev–Trinajstić information content (AvgIpc) is 3.38. The van der Waals surface area contributed by atoms with Gasteiger partial charge in [0, 0.05) is 36.7 Å². The van der Waals surface area contributed by atoms with Gasteiger partial charge in [0.2, 0.25) is 0 Å². The summed E-state index contributed by atoms with van der Waals surface area (Å²) in [6, 6.07) is 19.0. The number of hydrogen-bond donors (Lipinski definition) is 0. The summed E-state index contributed by atoms with van der Waals surface area (Å²) in [6.07, 6.45) is 5.36. The molecule has 0 N–H and O–H groups in total. The number of benzene rings is 2. The van der Waals surface area contributed by atoms with Gasteiger partial charge in [0.15, 0.2) is 0 Å². The molecule has 0 bridgehead atoms. The molecule has 4 nitrogen and oxygen atoms in total. The second-order valence-corrected chi connectivity index (χ2v) is 6.88. The summed E-state index contributed by atoms with van der Waals surface area (Å²) in [5.41, 5.74) is 5.06. The van der Waals surface area contributed by atoms with Crippen LogP contribution < -0.4 is 4.74 Å². The SMILES string of the molecule is CCc1ccccc1-n1ccc([C@@H]2OCCN2Cc2ccc(OC)cc2)c1. The van der Waals surface area contributed by atoms with Crippen LogP contribution in [-0.4, -0.2) is 29.7 Å². The maximum atomic E-state index is 6.06. The van der Waals surface area contributed by atoms with Gasteiger partial charge in [0.1, 0.15) is 12.0 Å². The van der Waals surface area contributed by atoms with Crippen molar-refractivity contribution in [3.05, 3.63) is 83.7 Å². The third-order valence-corrected chi connectivity index (χ3v) is 5.18. The first-order valence-corrected chi connectivity index (χ1v) is 9.53. The van der Waals surface area contributed by atoms with Crippen LogP contribution in [0.3, 0.4) is 0 Å². The van der Waals surface area contributed by atoms with Gasteiger partial charge in [-0.3, -0.25) is 4.90 Å². The van der Waals surface area contributed by atoms with E-state index in [-0.39, 0.29) is 6.23 Å². The first kappa shape index (κ1) is 17.8. The quantitative estimate of drug-likeness (QED) is 0.642. The van der Waals surface area contributed by atoms with Gasteiger partial charge in [-0.15, -0.1) is 0 Å². The van der Waals surface area contributed by atoms with Crippen molar-refractivity contribution in [3.63, 3.8) is 0 Å². The van der Waals surface area contributed by atoms with Gasteiger partial charge in [-0.2, -0.15) is 0 Å². The fraction of sp³-hybridized carbons (Fsp3) is 0.304. The lowest BCUT2D eigenvalue weighted by Gasteiger charge is -2.22. The smallest absolute Gasteiger partial charge is 0.138 e. The number of aromatic nitrogens is 1. The first-order valence-electron chi connectivity index (χ1n) is 9.53. The lowest BCUT2D eigenvalue weighted by atomic mass is 10.1. The molecule has 2 aromatic carbocycles. The molecule has 3 aromatic rings. The molecule has 1 aromatic heterocycles. The van der Waals surface area contributed by atoms with Crippen molar-refractivity contribution >= 4 is 0 Å². The van der Waals surface area contributed by atoms with Crippen LogP contribution >= 0.6 is 0 Å². The fourth-order valence-corrected chi connectivity index (χ4v) is 3.71. The van der Waals surface area contributed by atoms with Crippen LogP contribution in [0.4, 0.5) is 0 Å². The van der Waals surface area contributed by atoms with E-state index in [1.54, 1.807) is 7.11 Å². The lowest BCUT2D eigenvalue weighted by Crippen LogP contribution is -2.23. The molecule has 2 heterocycles. The van der Waals surface area contributed by atoms with Gasteiger partial charge >= 0.3 is 0 Å².